The molecule has 0 aromatic carbocycles. The maximum atomic E-state index is 12.7. The van der Waals surface area contributed by atoms with Crippen LogP contribution in [0.5, 0.6) is 0 Å². The van der Waals surface area contributed by atoms with Crippen molar-refractivity contribution in [2.75, 3.05) is 18.1 Å². The van der Waals surface area contributed by atoms with Crippen molar-refractivity contribution in [3.8, 4) is 0 Å². The number of carbonyl (C=O) groups is 1. The first-order chi connectivity index (χ1) is 9.10. The van der Waals surface area contributed by atoms with Gasteiger partial charge < -0.3 is 9.15 Å². The SMILES string of the molecule is Cc1cc(C(=O)C2CCOC3(CCSC3)C2)c(C)o1. The van der Waals surface area contributed by atoms with Crippen molar-refractivity contribution >= 4 is 17.5 Å². The lowest BCUT2D eigenvalue weighted by atomic mass is 9.81. The highest BCUT2D eigenvalue weighted by molar-refractivity contribution is 7.99. The third-order valence-electron chi connectivity index (χ3n) is 4.24. The predicted molar refractivity (Wildman–Crippen MR) is 75.9 cm³/mol. The minimum atomic E-state index is -0.0318. The Morgan fingerprint density at radius 3 is 2.95 bits per heavy atom. The predicted octanol–water partition coefficient (Wildman–Crippen LogP) is 3.38. The highest BCUT2D eigenvalue weighted by Gasteiger charge is 2.42. The summed E-state index contributed by atoms with van der Waals surface area (Å²) in [5, 5.41) is 0. The molecule has 0 radical (unpaired) electrons. The largest absolute Gasteiger partial charge is 0.466 e. The Labute approximate surface area is 118 Å². The Kier molecular flexibility index (Phi) is 3.48. The fourth-order valence-corrected chi connectivity index (χ4v) is 4.59. The van der Waals surface area contributed by atoms with E-state index in [-0.39, 0.29) is 17.3 Å². The maximum absolute atomic E-state index is 12.7. The summed E-state index contributed by atoms with van der Waals surface area (Å²) in [5.41, 5.74) is 0.737. The van der Waals surface area contributed by atoms with Gasteiger partial charge in [-0.05, 0) is 44.9 Å². The van der Waals surface area contributed by atoms with E-state index in [4.69, 9.17) is 9.15 Å². The zero-order valence-corrected chi connectivity index (χ0v) is 12.3. The van der Waals surface area contributed by atoms with Gasteiger partial charge in [-0.25, -0.2) is 0 Å². The molecule has 3 heterocycles. The fraction of sp³-hybridized carbons (Fsp3) is 0.667. The topological polar surface area (TPSA) is 39.4 Å². The summed E-state index contributed by atoms with van der Waals surface area (Å²) in [4.78, 5) is 12.7. The van der Waals surface area contributed by atoms with Gasteiger partial charge >= 0.3 is 0 Å². The summed E-state index contributed by atoms with van der Waals surface area (Å²) in [6.45, 7) is 4.48. The zero-order chi connectivity index (χ0) is 13.5. The van der Waals surface area contributed by atoms with Crippen molar-refractivity contribution in [1.29, 1.82) is 0 Å². The summed E-state index contributed by atoms with van der Waals surface area (Å²) in [6.07, 6.45) is 2.81. The molecule has 19 heavy (non-hydrogen) atoms. The Morgan fingerprint density at radius 2 is 2.32 bits per heavy atom. The number of hydrogen-bond donors (Lipinski definition) is 0. The third kappa shape index (κ3) is 2.48. The molecular weight excluding hydrogens is 260 g/mol. The van der Waals surface area contributed by atoms with E-state index in [9.17, 15) is 4.79 Å². The molecular formula is C15H20O3S. The zero-order valence-electron chi connectivity index (χ0n) is 11.5. The van der Waals surface area contributed by atoms with Gasteiger partial charge in [-0.3, -0.25) is 4.79 Å². The van der Waals surface area contributed by atoms with Gasteiger partial charge in [0.25, 0.3) is 0 Å². The average molecular weight is 280 g/mol. The summed E-state index contributed by atoms with van der Waals surface area (Å²) in [6, 6.07) is 1.88. The molecule has 2 unspecified atom stereocenters. The molecule has 2 saturated heterocycles. The van der Waals surface area contributed by atoms with E-state index in [0.29, 0.717) is 6.61 Å². The van der Waals surface area contributed by atoms with Gasteiger partial charge in [0, 0.05) is 18.3 Å². The minimum Gasteiger partial charge on any atom is -0.466 e. The molecule has 2 aliphatic heterocycles. The Hall–Kier alpha value is -0.740. The molecule has 2 atom stereocenters. The molecule has 4 heteroatoms. The van der Waals surface area contributed by atoms with Crippen molar-refractivity contribution < 1.29 is 13.9 Å². The number of Topliss-reactive ketones (excluding diaryl/α,β-unsaturated/α-hetero) is 1. The van der Waals surface area contributed by atoms with Gasteiger partial charge in [0.15, 0.2) is 5.78 Å². The van der Waals surface area contributed by atoms with Crippen LogP contribution in [0.2, 0.25) is 0 Å². The highest BCUT2D eigenvalue weighted by Crippen LogP contribution is 2.41. The highest BCUT2D eigenvalue weighted by atomic mass is 32.2. The number of rotatable bonds is 2. The number of furan rings is 1. The first-order valence-electron chi connectivity index (χ1n) is 6.93. The van der Waals surface area contributed by atoms with Crippen LogP contribution in [-0.4, -0.2) is 29.5 Å². The number of carbonyl (C=O) groups excluding carboxylic acids is 1. The van der Waals surface area contributed by atoms with Crippen molar-refractivity contribution in [1.82, 2.24) is 0 Å². The lowest BCUT2D eigenvalue weighted by Gasteiger charge is -2.37. The molecule has 104 valence electrons. The van der Waals surface area contributed by atoms with Gasteiger partial charge in [0.2, 0.25) is 0 Å². The van der Waals surface area contributed by atoms with Gasteiger partial charge in [0.05, 0.1) is 11.2 Å². The molecule has 0 bridgehead atoms. The quantitative estimate of drug-likeness (QED) is 0.779. The van der Waals surface area contributed by atoms with E-state index < -0.39 is 0 Å². The summed E-state index contributed by atoms with van der Waals surface area (Å²) >= 11 is 1.94. The number of hydrogen-bond acceptors (Lipinski definition) is 4. The molecule has 2 fully saturated rings. The van der Waals surface area contributed by atoms with Crippen molar-refractivity contribution in [2.45, 2.75) is 38.7 Å². The molecule has 2 aliphatic rings. The number of thioether (sulfide) groups is 1. The van der Waals surface area contributed by atoms with E-state index in [1.165, 1.54) is 0 Å². The van der Waals surface area contributed by atoms with Crippen molar-refractivity contribution in [3.63, 3.8) is 0 Å². The van der Waals surface area contributed by atoms with Gasteiger partial charge in [-0.15, -0.1) is 0 Å². The van der Waals surface area contributed by atoms with Crippen LogP contribution in [0.3, 0.4) is 0 Å². The van der Waals surface area contributed by atoms with Crippen LogP contribution in [0.1, 0.15) is 41.1 Å². The maximum Gasteiger partial charge on any atom is 0.169 e. The third-order valence-corrected chi connectivity index (χ3v) is 5.46. The number of aryl methyl sites for hydroxylation is 2. The van der Waals surface area contributed by atoms with Gasteiger partial charge in [-0.2, -0.15) is 11.8 Å². The molecule has 1 spiro atoms. The van der Waals surface area contributed by atoms with E-state index in [1.807, 2.05) is 31.7 Å². The van der Waals surface area contributed by atoms with E-state index in [0.717, 1.165) is 47.9 Å². The summed E-state index contributed by atoms with van der Waals surface area (Å²) in [7, 11) is 0. The second-order valence-electron chi connectivity index (χ2n) is 5.71. The van der Waals surface area contributed by atoms with Crippen LogP contribution >= 0.6 is 11.8 Å². The van der Waals surface area contributed by atoms with Crippen molar-refractivity contribution in [2.24, 2.45) is 5.92 Å². The molecule has 0 saturated carbocycles. The smallest absolute Gasteiger partial charge is 0.169 e. The Morgan fingerprint density at radius 1 is 1.47 bits per heavy atom. The Bertz CT molecular complexity index is 486. The lowest BCUT2D eigenvalue weighted by Crippen LogP contribution is -2.42. The summed E-state index contributed by atoms with van der Waals surface area (Å²) in [5.74, 6) is 4.12. The number of ketones is 1. The first kappa shape index (κ1) is 13.3. The molecule has 0 amide bonds. The minimum absolute atomic E-state index is 0.0318. The average Bonchev–Trinajstić information content (AvgIpc) is 2.96. The van der Waals surface area contributed by atoms with Gasteiger partial charge in [0.1, 0.15) is 11.5 Å². The molecule has 0 N–H and O–H groups in total. The van der Waals surface area contributed by atoms with Crippen LogP contribution in [0.25, 0.3) is 0 Å². The molecule has 3 nitrogen and oxygen atoms in total. The van der Waals surface area contributed by atoms with E-state index in [1.54, 1.807) is 0 Å². The lowest BCUT2D eigenvalue weighted by molar-refractivity contribution is -0.0734. The normalized spacial score (nSPS) is 30.9. The van der Waals surface area contributed by atoms with Crippen LogP contribution < -0.4 is 0 Å². The fourth-order valence-electron chi connectivity index (χ4n) is 3.21. The van der Waals surface area contributed by atoms with Crippen molar-refractivity contribution in [3.05, 3.63) is 23.2 Å². The van der Waals surface area contributed by atoms with Crippen LogP contribution in [-0.2, 0) is 4.74 Å². The van der Waals surface area contributed by atoms with Crippen LogP contribution in [0.15, 0.2) is 10.5 Å². The summed E-state index contributed by atoms with van der Waals surface area (Å²) < 4.78 is 11.5. The monoisotopic (exact) mass is 280 g/mol. The molecule has 3 rings (SSSR count). The standard InChI is InChI=1S/C15H20O3S/c1-10-7-13(11(2)18-10)14(16)12-3-5-17-15(8-12)4-6-19-9-15/h7,12H,3-6,8-9H2,1-2H3. The molecule has 1 aromatic heterocycles. The molecule has 0 aliphatic carbocycles. The van der Waals surface area contributed by atoms with Gasteiger partial charge in [-0.1, -0.05) is 0 Å². The van der Waals surface area contributed by atoms with Crippen LogP contribution in [0, 0.1) is 19.8 Å². The first-order valence-corrected chi connectivity index (χ1v) is 8.08. The van der Waals surface area contributed by atoms with E-state index in [2.05, 4.69) is 0 Å². The Balaban J connectivity index is 1.78. The number of ether oxygens (including phenoxy) is 1. The second-order valence-corrected chi connectivity index (χ2v) is 6.82. The van der Waals surface area contributed by atoms with E-state index >= 15 is 0 Å². The van der Waals surface area contributed by atoms with Crippen LogP contribution in [0.4, 0.5) is 0 Å². The molecule has 1 aromatic rings. The second kappa shape index (κ2) is 4.98.